The highest BCUT2D eigenvalue weighted by Crippen LogP contribution is 2.29. The van der Waals surface area contributed by atoms with Crippen molar-refractivity contribution in [3.8, 4) is 5.75 Å². The maximum atomic E-state index is 12.3. The van der Waals surface area contributed by atoms with Gasteiger partial charge in [0.1, 0.15) is 11.3 Å². The molecular formula is C29H44O3. The van der Waals surface area contributed by atoms with Crippen LogP contribution in [0.5, 0.6) is 5.75 Å². The Bertz CT molecular complexity index is 783. The molecule has 0 bridgehead atoms. The van der Waals surface area contributed by atoms with Crippen molar-refractivity contribution in [1.82, 2.24) is 0 Å². The van der Waals surface area contributed by atoms with Gasteiger partial charge in [0.05, 0.1) is 13.7 Å². The fourth-order valence-electron chi connectivity index (χ4n) is 4.41. The van der Waals surface area contributed by atoms with Crippen LogP contribution in [0, 0.1) is 5.92 Å². The van der Waals surface area contributed by atoms with Gasteiger partial charge in [0.25, 0.3) is 0 Å². The second-order valence-electron chi connectivity index (χ2n) is 9.22. The molecule has 3 nitrogen and oxygen atoms in total. The summed E-state index contributed by atoms with van der Waals surface area (Å²) in [7, 11) is 1.42. The summed E-state index contributed by atoms with van der Waals surface area (Å²) in [5, 5.41) is 1.90. The Kier molecular flexibility index (Phi) is 12.9. The van der Waals surface area contributed by atoms with Crippen LogP contribution >= 0.6 is 0 Å². The van der Waals surface area contributed by atoms with Crippen LogP contribution in [0.2, 0.25) is 0 Å². The number of hydrogen-bond donors (Lipinski definition) is 0. The van der Waals surface area contributed by atoms with Crippen molar-refractivity contribution in [2.45, 2.75) is 97.3 Å². The van der Waals surface area contributed by atoms with Crippen LogP contribution in [0.15, 0.2) is 36.4 Å². The smallest absolute Gasteiger partial charge is 0.342 e. The number of carbonyl (C=O) groups excluding carboxylic acids is 1. The van der Waals surface area contributed by atoms with Crippen LogP contribution in [0.4, 0.5) is 0 Å². The number of esters is 1. The molecule has 2 rings (SSSR count). The molecule has 0 spiro atoms. The highest BCUT2D eigenvalue weighted by molar-refractivity contribution is 6.07. The molecule has 2 aromatic carbocycles. The van der Waals surface area contributed by atoms with Gasteiger partial charge >= 0.3 is 5.97 Å². The first-order chi connectivity index (χ1) is 15.7. The van der Waals surface area contributed by atoms with Gasteiger partial charge in [0.2, 0.25) is 0 Å². The zero-order chi connectivity index (χ0) is 23.0. The van der Waals surface area contributed by atoms with Crippen molar-refractivity contribution in [3.05, 3.63) is 42.0 Å². The standard InChI is InChI=1S/C29H44O3/c1-4-5-6-7-8-9-10-11-12-17-24(2)18-15-16-23-32-27-22-21-25-19-13-14-20-26(25)28(27)29(30)31-3/h13-14,19-22,24H,4-12,15-18,23H2,1-3H3. The SMILES string of the molecule is CCCCCCCCCCCC(C)CCCCOc1ccc2ccccc2c1C(=O)OC. The molecule has 1 atom stereocenters. The maximum Gasteiger partial charge on any atom is 0.342 e. The quantitative estimate of drug-likeness (QED) is 0.182. The highest BCUT2D eigenvalue weighted by atomic mass is 16.5. The number of carbonyl (C=O) groups is 1. The zero-order valence-corrected chi connectivity index (χ0v) is 20.7. The summed E-state index contributed by atoms with van der Waals surface area (Å²) in [6.45, 7) is 5.29. The summed E-state index contributed by atoms with van der Waals surface area (Å²) < 4.78 is 11.0. The Hall–Kier alpha value is -2.03. The number of fused-ring (bicyclic) bond motifs is 1. The van der Waals surface area contributed by atoms with Gasteiger partial charge in [-0.05, 0) is 35.6 Å². The molecule has 0 saturated heterocycles. The van der Waals surface area contributed by atoms with Crippen LogP contribution in [0.1, 0.15) is 108 Å². The lowest BCUT2D eigenvalue weighted by atomic mass is 9.96. The van der Waals surface area contributed by atoms with Crippen molar-refractivity contribution in [3.63, 3.8) is 0 Å². The van der Waals surface area contributed by atoms with Gasteiger partial charge in [-0.15, -0.1) is 0 Å². The van der Waals surface area contributed by atoms with Gasteiger partial charge in [-0.25, -0.2) is 4.79 Å². The van der Waals surface area contributed by atoms with E-state index in [9.17, 15) is 4.79 Å². The molecule has 0 heterocycles. The lowest BCUT2D eigenvalue weighted by Gasteiger charge is -2.14. The van der Waals surface area contributed by atoms with Crippen LogP contribution in [0.3, 0.4) is 0 Å². The van der Waals surface area contributed by atoms with Crippen LogP contribution in [-0.4, -0.2) is 19.7 Å². The average Bonchev–Trinajstić information content (AvgIpc) is 2.82. The Morgan fingerprint density at radius 1 is 0.812 bits per heavy atom. The second kappa shape index (κ2) is 15.7. The number of unbranched alkanes of at least 4 members (excludes halogenated alkanes) is 9. The van der Waals surface area contributed by atoms with E-state index in [0.29, 0.717) is 17.9 Å². The zero-order valence-electron chi connectivity index (χ0n) is 20.7. The van der Waals surface area contributed by atoms with Crippen LogP contribution < -0.4 is 4.74 Å². The summed E-state index contributed by atoms with van der Waals surface area (Å²) in [6.07, 6.45) is 17.3. The van der Waals surface area contributed by atoms with Gasteiger partial charge in [0.15, 0.2) is 0 Å². The molecule has 0 N–H and O–H groups in total. The first kappa shape index (κ1) is 26.2. The predicted octanol–water partition coefficient (Wildman–Crippen LogP) is 8.73. The summed E-state index contributed by atoms with van der Waals surface area (Å²) in [5.41, 5.74) is 0.532. The van der Waals surface area contributed by atoms with E-state index in [1.165, 1.54) is 84.2 Å². The van der Waals surface area contributed by atoms with E-state index in [1.807, 2.05) is 36.4 Å². The number of rotatable bonds is 17. The molecule has 1 unspecified atom stereocenters. The monoisotopic (exact) mass is 440 g/mol. The number of methoxy groups -OCH3 is 1. The van der Waals surface area contributed by atoms with Crippen molar-refractivity contribution in [1.29, 1.82) is 0 Å². The lowest BCUT2D eigenvalue weighted by Crippen LogP contribution is -2.08. The van der Waals surface area contributed by atoms with E-state index in [4.69, 9.17) is 9.47 Å². The molecule has 0 radical (unpaired) electrons. The molecule has 2 aromatic rings. The van der Waals surface area contributed by atoms with E-state index >= 15 is 0 Å². The van der Waals surface area contributed by atoms with Gasteiger partial charge < -0.3 is 9.47 Å². The first-order valence-corrected chi connectivity index (χ1v) is 12.9. The van der Waals surface area contributed by atoms with E-state index in [-0.39, 0.29) is 5.97 Å². The van der Waals surface area contributed by atoms with Crippen molar-refractivity contribution in [2.24, 2.45) is 5.92 Å². The van der Waals surface area contributed by atoms with E-state index in [2.05, 4.69) is 13.8 Å². The van der Waals surface area contributed by atoms with Crippen LogP contribution in [-0.2, 0) is 4.74 Å². The molecule has 0 aliphatic heterocycles. The minimum absolute atomic E-state index is 0.341. The van der Waals surface area contributed by atoms with E-state index in [1.54, 1.807) is 0 Å². The van der Waals surface area contributed by atoms with Crippen molar-refractivity contribution < 1.29 is 14.3 Å². The normalized spacial score (nSPS) is 12.1. The molecule has 0 aliphatic rings. The minimum atomic E-state index is -0.341. The van der Waals surface area contributed by atoms with Gasteiger partial charge in [-0.2, -0.15) is 0 Å². The number of ether oxygens (including phenoxy) is 2. The molecular weight excluding hydrogens is 396 g/mol. The van der Waals surface area contributed by atoms with Crippen LogP contribution in [0.25, 0.3) is 10.8 Å². The Morgan fingerprint density at radius 2 is 1.44 bits per heavy atom. The predicted molar refractivity (Wildman–Crippen MR) is 136 cm³/mol. The van der Waals surface area contributed by atoms with Crippen molar-refractivity contribution in [2.75, 3.05) is 13.7 Å². The minimum Gasteiger partial charge on any atom is -0.493 e. The van der Waals surface area contributed by atoms with Gasteiger partial charge in [-0.1, -0.05) is 115 Å². The fraction of sp³-hybridized carbons (Fsp3) is 0.621. The molecule has 178 valence electrons. The molecule has 0 saturated carbocycles. The number of benzene rings is 2. The summed E-state index contributed by atoms with van der Waals surface area (Å²) in [4.78, 5) is 12.3. The Labute approximate surface area is 195 Å². The largest absolute Gasteiger partial charge is 0.493 e. The van der Waals surface area contributed by atoms with Gasteiger partial charge in [-0.3, -0.25) is 0 Å². The van der Waals surface area contributed by atoms with Crippen molar-refractivity contribution >= 4 is 16.7 Å². The average molecular weight is 441 g/mol. The topological polar surface area (TPSA) is 35.5 Å². The molecule has 0 aliphatic carbocycles. The molecule has 0 amide bonds. The Morgan fingerprint density at radius 3 is 2.12 bits per heavy atom. The number of hydrogen-bond acceptors (Lipinski definition) is 3. The third-order valence-corrected chi connectivity index (χ3v) is 6.43. The first-order valence-electron chi connectivity index (χ1n) is 12.9. The fourth-order valence-corrected chi connectivity index (χ4v) is 4.41. The molecule has 0 fully saturated rings. The summed E-state index contributed by atoms with van der Waals surface area (Å²) in [5.74, 6) is 1.07. The second-order valence-corrected chi connectivity index (χ2v) is 9.22. The Balaban J connectivity index is 1.62. The molecule has 0 aromatic heterocycles. The molecule has 32 heavy (non-hydrogen) atoms. The highest BCUT2D eigenvalue weighted by Gasteiger charge is 2.17. The summed E-state index contributed by atoms with van der Waals surface area (Å²) >= 11 is 0. The molecule has 3 heteroatoms. The lowest BCUT2D eigenvalue weighted by molar-refractivity contribution is 0.0598. The summed E-state index contributed by atoms with van der Waals surface area (Å²) in [6, 6.07) is 11.8. The third-order valence-electron chi connectivity index (χ3n) is 6.43. The van der Waals surface area contributed by atoms with E-state index < -0.39 is 0 Å². The van der Waals surface area contributed by atoms with Gasteiger partial charge in [0, 0.05) is 0 Å². The maximum absolute atomic E-state index is 12.3. The third kappa shape index (κ3) is 9.22. The van der Waals surface area contributed by atoms with E-state index in [0.717, 1.165) is 23.1 Å².